The molecule has 0 saturated heterocycles. The molecule has 1 atom stereocenters. The van der Waals surface area contributed by atoms with E-state index in [4.69, 9.17) is 13.9 Å². The average Bonchev–Trinajstić information content (AvgIpc) is 3.15. The molecule has 0 aliphatic carbocycles. The van der Waals surface area contributed by atoms with Crippen LogP contribution >= 0.6 is 11.8 Å². The third-order valence-corrected chi connectivity index (χ3v) is 4.58. The highest BCUT2D eigenvalue weighted by atomic mass is 32.2. The summed E-state index contributed by atoms with van der Waals surface area (Å²) < 4.78 is 17.1. The van der Waals surface area contributed by atoms with Gasteiger partial charge < -0.3 is 13.9 Å². The fraction of sp³-hybridized carbons (Fsp3) is 0.176. The smallest absolute Gasteiger partial charge is 0.277 e. The Hall–Kier alpha value is -3.07. The van der Waals surface area contributed by atoms with E-state index in [2.05, 4.69) is 10.2 Å². The molecule has 0 fully saturated rings. The van der Waals surface area contributed by atoms with Crippen molar-refractivity contribution >= 4 is 17.4 Å². The molecule has 0 bridgehead atoms. The van der Waals surface area contributed by atoms with E-state index in [1.807, 2.05) is 30.3 Å². The molecule has 0 spiro atoms. The first-order chi connectivity index (χ1) is 12.7. The number of rotatable bonds is 5. The van der Waals surface area contributed by atoms with Gasteiger partial charge in [0, 0.05) is 17.9 Å². The Kier molecular flexibility index (Phi) is 4.44. The molecule has 1 aromatic heterocycles. The van der Waals surface area contributed by atoms with Gasteiger partial charge in [-0.25, -0.2) is 0 Å². The van der Waals surface area contributed by atoms with E-state index in [1.54, 1.807) is 6.07 Å². The number of aromatic nitrogens is 2. The van der Waals surface area contributed by atoms with Gasteiger partial charge in [0.05, 0.1) is 4.92 Å². The fourth-order valence-corrected chi connectivity index (χ4v) is 3.17. The lowest BCUT2D eigenvalue weighted by molar-refractivity contribution is -0.384. The van der Waals surface area contributed by atoms with Crippen molar-refractivity contribution in [1.82, 2.24) is 10.2 Å². The van der Waals surface area contributed by atoms with Crippen molar-refractivity contribution in [2.24, 2.45) is 0 Å². The first kappa shape index (κ1) is 16.4. The minimum absolute atomic E-state index is 0.0562. The summed E-state index contributed by atoms with van der Waals surface area (Å²) in [4.78, 5) is 10.4. The Bertz CT molecular complexity index is 945. The zero-order valence-corrected chi connectivity index (χ0v) is 14.2. The number of fused-ring (bicyclic) bond motifs is 1. The maximum absolute atomic E-state index is 10.8. The Balaban J connectivity index is 1.41. The summed E-state index contributed by atoms with van der Waals surface area (Å²) in [5.41, 5.74) is 0.857. The molecule has 0 radical (unpaired) electrons. The Morgan fingerprint density at radius 3 is 2.85 bits per heavy atom. The number of nitrogens with zero attached hydrogens (tertiary/aromatic N) is 3. The largest absolute Gasteiger partial charge is 0.485 e. The predicted molar refractivity (Wildman–Crippen MR) is 92.3 cm³/mol. The predicted octanol–water partition coefficient (Wildman–Crippen LogP) is 3.78. The van der Waals surface area contributed by atoms with Gasteiger partial charge in [-0.3, -0.25) is 10.1 Å². The number of nitro benzene ring substituents is 1. The number of non-ortho nitro benzene ring substituents is 1. The molecule has 2 heterocycles. The van der Waals surface area contributed by atoms with Crippen LogP contribution in [0.1, 0.15) is 17.6 Å². The molecule has 1 aliphatic rings. The topological polar surface area (TPSA) is 101 Å². The van der Waals surface area contributed by atoms with Gasteiger partial charge in [-0.2, -0.15) is 0 Å². The third-order valence-electron chi connectivity index (χ3n) is 3.69. The first-order valence-electron chi connectivity index (χ1n) is 7.77. The summed E-state index contributed by atoms with van der Waals surface area (Å²) >= 11 is 1.31. The molecule has 1 unspecified atom stereocenters. The molecule has 0 amide bonds. The monoisotopic (exact) mass is 371 g/mol. The van der Waals surface area contributed by atoms with Crippen LogP contribution in [0.4, 0.5) is 5.69 Å². The van der Waals surface area contributed by atoms with E-state index >= 15 is 0 Å². The van der Waals surface area contributed by atoms with Gasteiger partial charge in [-0.05, 0) is 17.7 Å². The standard InChI is InChI=1S/C17H13N3O5S/c21-20(22)12-5-3-4-11(8-12)10-26-17-19-18-16(25-17)15-9-23-13-6-1-2-7-14(13)24-15/h1-8,15H,9-10H2. The van der Waals surface area contributed by atoms with E-state index in [9.17, 15) is 10.1 Å². The van der Waals surface area contributed by atoms with Crippen molar-refractivity contribution in [1.29, 1.82) is 0 Å². The summed E-state index contributed by atoms with van der Waals surface area (Å²) in [6.07, 6.45) is -0.468. The molecule has 2 aromatic carbocycles. The Morgan fingerprint density at radius 2 is 2.00 bits per heavy atom. The second-order valence-corrected chi connectivity index (χ2v) is 6.41. The number of ether oxygens (including phenoxy) is 2. The second-order valence-electron chi connectivity index (χ2n) is 5.49. The molecule has 4 rings (SSSR count). The molecular weight excluding hydrogens is 358 g/mol. The maximum Gasteiger partial charge on any atom is 0.277 e. The van der Waals surface area contributed by atoms with E-state index in [-0.39, 0.29) is 12.3 Å². The molecule has 132 valence electrons. The van der Waals surface area contributed by atoms with Crippen LogP contribution < -0.4 is 9.47 Å². The average molecular weight is 371 g/mol. The van der Waals surface area contributed by atoms with E-state index < -0.39 is 11.0 Å². The van der Waals surface area contributed by atoms with Gasteiger partial charge in [0.25, 0.3) is 16.8 Å². The highest BCUT2D eigenvalue weighted by Crippen LogP contribution is 2.36. The van der Waals surface area contributed by atoms with Gasteiger partial charge in [-0.1, -0.05) is 36.0 Å². The number of nitro groups is 1. The van der Waals surface area contributed by atoms with Crippen molar-refractivity contribution in [2.75, 3.05) is 6.61 Å². The zero-order valence-electron chi connectivity index (χ0n) is 13.4. The van der Waals surface area contributed by atoms with Crippen LogP contribution in [0.3, 0.4) is 0 Å². The summed E-state index contributed by atoms with van der Waals surface area (Å²) in [6, 6.07) is 13.8. The zero-order chi connectivity index (χ0) is 17.9. The lowest BCUT2D eigenvalue weighted by Crippen LogP contribution is -2.21. The molecular formula is C17H13N3O5S. The van der Waals surface area contributed by atoms with Crippen molar-refractivity contribution in [3.8, 4) is 11.5 Å². The van der Waals surface area contributed by atoms with Gasteiger partial charge in [0.2, 0.25) is 6.10 Å². The number of hydrogen-bond donors (Lipinski definition) is 0. The Labute approximate surface area is 152 Å². The maximum atomic E-state index is 10.8. The second kappa shape index (κ2) is 7.04. The molecule has 0 saturated carbocycles. The van der Waals surface area contributed by atoms with Crippen LogP contribution in [0.2, 0.25) is 0 Å². The summed E-state index contributed by atoms with van der Waals surface area (Å²) in [6.45, 7) is 0.286. The lowest BCUT2D eigenvalue weighted by atomic mass is 10.2. The van der Waals surface area contributed by atoms with Crippen LogP contribution in [0.15, 0.2) is 58.2 Å². The van der Waals surface area contributed by atoms with Gasteiger partial charge in [0.15, 0.2) is 11.5 Å². The fourth-order valence-electron chi connectivity index (χ4n) is 2.45. The van der Waals surface area contributed by atoms with Gasteiger partial charge in [0.1, 0.15) is 6.61 Å². The molecule has 26 heavy (non-hydrogen) atoms. The molecule has 3 aromatic rings. The van der Waals surface area contributed by atoms with E-state index in [0.717, 1.165) is 5.56 Å². The lowest BCUT2D eigenvalue weighted by Gasteiger charge is -2.23. The number of para-hydroxylation sites is 2. The summed E-state index contributed by atoms with van der Waals surface area (Å²) in [5.74, 6) is 2.13. The van der Waals surface area contributed by atoms with E-state index in [0.29, 0.717) is 28.4 Å². The SMILES string of the molecule is O=[N+]([O-])c1cccc(CSc2nnc(C3COc4ccccc4O3)o2)c1. The third kappa shape index (κ3) is 3.47. The van der Waals surface area contributed by atoms with Crippen LogP contribution in [0.25, 0.3) is 0 Å². The molecule has 8 nitrogen and oxygen atoms in total. The normalized spacial score (nSPS) is 15.6. The minimum atomic E-state index is -0.468. The van der Waals surface area contributed by atoms with Crippen LogP contribution in [0.5, 0.6) is 11.5 Å². The van der Waals surface area contributed by atoms with Gasteiger partial charge >= 0.3 is 0 Å². The van der Waals surface area contributed by atoms with Gasteiger partial charge in [-0.15, -0.1) is 10.2 Å². The molecule has 9 heteroatoms. The quantitative estimate of drug-likeness (QED) is 0.379. The number of hydrogen-bond acceptors (Lipinski definition) is 8. The van der Waals surface area contributed by atoms with Crippen molar-refractivity contribution in [3.63, 3.8) is 0 Å². The Morgan fingerprint density at radius 1 is 1.15 bits per heavy atom. The van der Waals surface area contributed by atoms with Crippen molar-refractivity contribution in [2.45, 2.75) is 17.1 Å². The van der Waals surface area contributed by atoms with Crippen LogP contribution in [-0.2, 0) is 5.75 Å². The first-order valence-corrected chi connectivity index (χ1v) is 8.75. The highest BCUT2D eigenvalue weighted by Gasteiger charge is 2.27. The van der Waals surface area contributed by atoms with E-state index in [1.165, 1.54) is 23.9 Å². The number of thioether (sulfide) groups is 1. The minimum Gasteiger partial charge on any atom is -0.485 e. The summed E-state index contributed by atoms with van der Waals surface area (Å²) in [5, 5.41) is 19.2. The van der Waals surface area contributed by atoms with Crippen molar-refractivity contribution < 1.29 is 18.8 Å². The van der Waals surface area contributed by atoms with Crippen LogP contribution in [-0.4, -0.2) is 21.7 Å². The van der Waals surface area contributed by atoms with Crippen LogP contribution in [0, 0.1) is 10.1 Å². The highest BCUT2D eigenvalue weighted by molar-refractivity contribution is 7.98. The summed E-state index contributed by atoms with van der Waals surface area (Å²) in [7, 11) is 0. The molecule has 0 N–H and O–H groups in total. The molecule has 1 aliphatic heterocycles. The number of benzene rings is 2. The van der Waals surface area contributed by atoms with Crippen molar-refractivity contribution in [3.05, 3.63) is 70.1 Å².